The first kappa shape index (κ1) is 14.9. The van der Waals surface area contributed by atoms with E-state index >= 15 is 0 Å². The van der Waals surface area contributed by atoms with Crippen LogP contribution in [0.3, 0.4) is 0 Å². The number of rotatable bonds is 5. The maximum Gasteiger partial charge on any atom is 0.119 e. The Balaban J connectivity index is 1.93. The summed E-state index contributed by atoms with van der Waals surface area (Å²) >= 11 is 1.73. The maximum absolute atomic E-state index is 5.43. The molecule has 0 fully saturated rings. The van der Waals surface area contributed by atoms with Gasteiger partial charge in [0, 0.05) is 16.5 Å². The number of hydrogen-bond donors (Lipinski definition) is 1. The zero-order valence-corrected chi connectivity index (χ0v) is 13.4. The van der Waals surface area contributed by atoms with Crippen LogP contribution in [-0.2, 0) is 12.0 Å². The minimum atomic E-state index is 0.127. The van der Waals surface area contributed by atoms with Gasteiger partial charge in [-0.15, -0.1) is 11.3 Å². The Morgan fingerprint density at radius 1 is 1.20 bits per heavy atom. The van der Waals surface area contributed by atoms with Gasteiger partial charge in [0.05, 0.1) is 23.9 Å². The Kier molecular flexibility index (Phi) is 4.65. The molecule has 108 valence electrons. The average molecular weight is 290 g/mol. The first-order chi connectivity index (χ1) is 9.49. The normalized spacial score (nSPS) is 11.4. The number of thiazole rings is 1. The Morgan fingerprint density at radius 2 is 1.90 bits per heavy atom. The third-order valence-electron chi connectivity index (χ3n) is 2.83. The van der Waals surface area contributed by atoms with E-state index in [-0.39, 0.29) is 5.41 Å². The van der Waals surface area contributed by atoms with Crippen LogP contribution in [0.1, 0.15) is 38.4 Å². The van der Waals surface area contributed by atoms with E-state index in [9.17, 15) is 0 Å². The highest BCUT2D eigenvalue weighted by molar-refractivity contribution is 7.09. The molecule has 0 saturated carbocycles. The van der Waals surface area contributed by atoms with Gasteiger partial charge < -0.3 is 10.1 Å². The van der Waals surface area contributed by atoms with Crippen molar-refractivity contribution in [3.8, 4) is 5.75 Å². The third kappa shape index (κ3) is 3.97. The molecule has 0 atom stereocenters. The van der Waals surface area contributed by atoms with Crippen LogP contribution in [0.2, 0.25) is 0 Å². The fourth-order valence-corrected chi connectivity index (χ4v) is 2.67. The summed E-state index contributed by atoms with van der Waals surface area (Å²) in [6, 6.07) is 8.02. The van der Waals surface area contributed by atoms with Crippen molar-refractivity contribution in [1.82, 2.24) is 4.98 Å². The number of ether oxygens (including phenoxy) is 1. The summed E-state index contributed by atoms with van der Waals surface area (Å²) in [5.41, 5.74) is 2.30. The summed E-state index contributed by atoms with van der Waals surface area (Å²) in [4.78, 5) is 4.67. The van der Waals surface area contributed by atoms with Crippen molar-refractivity contribution in [3.05, 3.63) is 40.3 Å². The second-order valence-corrected chi connectivity index (χ2v) is 6.56. The van der Waals surface area contributed by atoms with Gasteiger partial charge in [-0.05, 0) is 31.2 Å². The van der Waals surface area contributed by atoms with Crippen molar-refractivity contribution in [2.45, 2.75) is 39.7 Å². The Morgan fingerprint density at radius 3 is 2.45 bits per heavy atom. The van der Waals surface area contributed by atoms with E-state index < -0.39 is 0 Å². The highest BCUT2D eigenvalue weighted by Gasteiger charge is 2.17. The molecule has 2 rings (SSSR count). The standard InChI is InChI=1S/C16H22N2OS/c1-5-19-14-8-6-12(7-9-14)17-10-13-11-20-15(18-13)16(2,3)4/h6-9,11,17H,5,10H2,1-4H3. The van der Waals surface area contributed by atoms with Crippen LogP contribution < -0.4 is 10.1 Å². The molecule has 1 aromatic heterocycles. The molecule has 3 nitrogen and oxygen atoms in total. The predicted octanol–water partition coefficient (Wildman–Crippen LogP) is 4.45. The predicted molar refractivity (Wildman–Crippen MR) is 85.8 cm³/mol. The molecule has 0 bridgehead atoms. The van der Waals surface area contributed by atoms with Gasteiger partial charge in [0.15, 0.2) is 0 Å². The Labute approximate surface area is 125 Å². The van der Waals surface area contributed by atoms with Crippen LogP contribution in [0.5, 0.6) is 5.75 Å². The molecule has 1 N–H and O–H groups in total. The SMILES string of the molecule is CCOc1ccc(NCc2csc(C(C)(C)C)n2)cc1. The fraction of sp³-hybridized carbons (Fsp3) is 0.438. The van der Waals surface area contributed by atoms with Crippen molar-refractivity contribution >= 4 is 17.0 Å². The van der Waals surface area contributed by atoms with E-state index in [0.717, 1.165) is 23.7 Å². The second-order valence-electron chi connectivity index (χ2n) is 5.70. The number of nitrogens with zero attached hydrogens (tertiary/aromatic N) is 1. The summed E-state index contributed by atoms with van der Waals surface area (Å²) in [5, 5.41) is 6.69. The fourth-order valence-electron chi connectivity index (χ4n) is 1.76. The van der Waals surface area contributed by atoms with Crippen molar-refractivity contribution in [1.29, 1.82) is 0 Å². The lowest BCUT2D eigenvalue weighted by molar-refractivity contribution is 0.340. The van der Waals surface area contributed by atoms with Crippen molar-refractivity contribution < 1.29 is 4.74 Å². The number of anilines is 1. The lowest BCUT2D eigenvalue weighted by atomic mass is 9.98. The first-order valence-electron chi connectivity index (χ1n) is 6.90. The molecule has 0 unspecified atom stereocenters. The molecule has 2 aromatic rings. The lowest BCUT2D eigenvalue weighted by Gasteiger charge is -2.13. The summed E-state index contributed by atoms with van der Waals surface area (Å²) in [5.74, 6) is 0.904. The second kappa shape index (κ2) is 6.27. The molecule has 1 aromatic carbocycles. The smallest absolute Gasteiger partial charge is 0.119 e. The molecule has 0 aliphatic rings. The van der Waals surface area contributed by atoms with Crippen LogP contribution in [-0.4, -0.2) is 11.6 Å². The Bertz CT molecular complexity index is 540. The third-order valence-corrected chi connectivity index (χ3v) is 4.15. The van der Waals surface area contributed by atoms with E-state index in [1.807, 2.05) is 31.2 Å². The van der Waals surface area contributed by atoms with E-state index in [1.54, 1.807) is 11.3 Å². The summed E-state index contributed by atoms with van der Waals surface area (Å²) in [7, 11) is 0. The van der Waals surface area contributed by atoms with E-state index in [2.05, 4.69) is 36.5 Å². The number of hydrogen-bond acceptors (Lipinski definition) is 4. The molecule has 0 aliphatic carbocycles. The van der Waals surface area contributed by atoms with Crippen molar-refractivity contribution in [2.75, 3.05) is 11.9 Å². The molecule has 20 heavy (non-hydrogen) atoms. The maximum atomic E-state index is 5.43. The van der Waals surface area contributed by atoms with Gasteiger partial charge >= 0.3 is 0 Å². The van der Waals surface area contributed by atoms with E-state index in [4.69, 9.17) is 4.74 Å². The minimum absolute atomic E-state index is 0.127. The molecular weight excluding hydrogens is 268 g/mol. The van der Waals surface area contributed by atoms with Crippen LogP contribution >= 0.6 is 11.3 Å². The molecule has 1 heterocycles. The monoisotopic (exact) mass is 290 g/mol. The van der Waals surface area contributed by atoms with Crippen LogP contribution in [0.4, 0.5) is 5.69 Å². The minimum Gasteiger partial charge on any atom is -0.494 e. The number of nitrogens with one attached hydrogen (secondary N) is 1. The topological polar surface area (TPSA) is 34.1 Å². The highest BCUT2D eigenvalue weighted by Crippen LogP contribution is 2.26. The number of aromatic nitrogens is 1. The van der Waals surface area contributed by atoms with Crippen LogP contribution in [0.25, 0.3) is 0 Å². The molecular formula is C16H22N2OS. The molecule has 0 spiro atoms. The average Bonchev–Trinajstić information content (AvgIpc) is 2.87. The van der Waals surface area contributed by atoms with Gasteiger partial charge in [-0.1, -0.05) is 20.8 Å². The van der Waals surface area contributed by atoms with Gasteiger partial charge in [0.1, 0.15) is 5.75 Å². The molecule has 0 aliphatic heterocycles. The number of benzene rings is 1. The molecule has 0 radical (unpaired) electrons. The molecule has 0 saturated heterocycles. The van der Waals surface area contributed by atoms with Gasteiger partial charge in [-0.2, -0.15) is 0 Å². The zero-order chi connectivity index (χ0) is 14.6. The summed E-state index contributed by atoms with van der Waals surface area (Å²) in [6.45, 7) is 10.0. The summed E-state index contributed by atoms with van der Waals surface area (Å²) in [6.07, 6.45) is 0. The molecule has 0 amide bonds. The van der Waals surface area contributed by atoms with Crippen molar-refractivity contribution in [2.24, 2.45) is 0 Å². The molecule has 4 heteroatoms. The quantitative estimate of drug-likeness (QED) is 0.883. The summed E-state index contributed by atoms with van der Waals surface area (Å²) < 4.78 is 5.43. The van der Waals surface area contributed by atoms with Gasteiger partial charge in [0.2, 0.25) is 0 Å². The highest BCUT2D eigenvalue weighted by atomic mass is 32.1. The van der Waals surface area contributed by atoms with E-state index in [1.165, 1.54) is 5.01 Å². The Hall–Kier alpha value is -1.55. The van der Waals surface area contributed by atoms with Crippen molar-refractivity contribution in [3.63, 3.8) is 0 Å². The lowest BCUT2D eigenvalue weighted by Crippen LogP contribution is -2.11. The van der Waals surface area contributed by atoms with Crippen LogP contribution in [0.15, 0.2) is 29.6 Å². The first-order valence-corrected chi connectivity index (χ1v) is 7.78. The van der Waals surface area contributed by atoms with Crippen LogP contribution in [0, 0.1) is 0 Å². The van der Waals surface area contributed by atoms with Gasteiger partial charge in [-0.25, -0.2) is 4.98 Å². The van der Waals surface area contributed by atoms with E-state index in [0.29, 0.717) is 6.61 Å². The van der Waals surface area contributed by atoms with Gasteiger partial charge in [-0.3, -0.25) is 0 Å². The largest absolute Gasteiger partial charge is 0.494 e. The van der Waals surface area contributed by atoms with Gasteiger partial charge in [0.25, 0.3) is 0 Å². The zero-order valence-electron chi connectivity index (χ0n) is 12.6.